The number of methoxy groups -OCH3 is 2. The number of hydrogen-bond acceptors (Lipinski definition) is 7. The number of nitrogens with zero attached hydrogens (tertiary/aromatic N) is 2. The quantitative estimate of drug-likeness (QED) is 0.565. The fraction of sp³-hybridized carbons (Fsp3) is 0.200. The van der Waals surface area contributed by atoms with Gasteiger partial charge >= 0.3 is 0 Å². The summed E-state index contributed by atoms with van der Waals surface area (Å²) in [5.74, 6) is 2.47. The monoisotopic (exact) mass is 430 g/mol. The van der Waals surface area contributed by atoms with Crippen LogP contribution in [0.1, 0.15) is 27.2 Å². The van der Waals surface area contributed by atoms with Crippen molar-refractivity contribution in [2.45, 2.75) is 13.1 Å². The van der Waals surface area contributed by atoms with E-state index in [0.717, 1.165) is 17.0 Å². The van der Waals surface area contributed by atoms with E-state index < -0.39 is 0 Å². The highest BCUT2D eigenvalue weighted by Crippen LogP contribution is 2.43. The molecule has 0 N–H and O–H groups in total. The molecule has 0 radical (unpaired) electrons. The van der Waals surface area contributed by atoms with Gasteiger partial charge in [-0.1, -0.05) is 18.2 Å². The van der Waals surface area contributed by atoms with Crippen molar-refractivity contribution in [1.82, 2.24) is 9.88 Å². The molecular weight excluding hydrogens is 408 g/mol. The summed E-state index contributed by atoms with van der Waals surface area (Å²) >= 11 is 0. The number of aromatic nitrogens is 1. The number of carbonyl (C=O) groups is 1. The van der Waals surface area contributed by atoms with Crippen LogP contribution in [0.4, 0.5) is 0 Å². The van der Waals surface area contributed by atoms with Crippen molar-refractivity contribution in [1.29, 1.82) is 0 Å². The van der Waals surface area contributed by atoms with E-state index in [9.17, 15) is 4.79 Å². The first-order valence-corrected chi connectivity index (χ1v) is 10.2. The number of pyridine rings is 1. The molecule has 0 bridgehead atoms. The van der Waals surface area contributed by atoms with E-state index in [1.165, 1.54) is 0 Å². The molecule has 2 aliphatic heterocycles. The van der Waals surface area contributed by atoms with Gasteiger partial charge in [0, 0.05) is 24.8 Å². The third-order valence-corrected chi connectivity index (χ3v) is 5.51. The van der Waals surface area contributed by atoms with Crippen LogP contribution in [-0.4, -0.2) is 36.6 Å². The highest BCUT2D eigenvalue weighted by Gasteiger charge is 2.34. The van der Waals surface area contributed by atoms with E-state index >= 15 is 0 Å². The molecule has 0 saturated heterocycles. The molecule has 0 atom stereocenters. The van der Waals surface area contributed by atoms with Crippen molar-refractivity contribution in [3.8, 4) is 23.0 Å². The zero-order valence-corrected chi connectivity index (χ0v) is 17.8. The second-order valence-electron chi connectivity index (χ2n) is 7.52. The first kappa shape index (κ1) is 20.1. The van der Waals surface area contributed by atoms with E-state index in [1.54, 1.807) is 38.6 Å². The van der Waals surface area contributed by atoms with E-state index in [-0.39, 0.29) is 11.5 Å². The Labute approximate surface area is 185 Å². The lowest BCUT2D eigenvalue weighted by Gasteiger charge is -2.29. The molecule has 0 spiro atoms. The summed E-state index contributed by atoms with van der Waals surface area (Å²) in [6.45, 7) is 1.68. The molecule has 32 heavy (non-hydrogen) atoms. The average Bonchev–Trinajstić information content (AvgIpc) is 3.15. The smallest absolute Gasteiger partial charge is 0.231 e. The number of carbonyl (C=O) groups excluding carboxylic acids is 1. The molecule has 3 heterocycles. The molecule has 2 aromatic carbocycles. The van der Waals surface area contributed by atoms with Gasteiger partial charge < -0.3 is 18.9 Å². The summed E-state index contributed by atoms with van der Waals surface area (Å²) < 4.78 is 22.9. The molecule has 0 unspecified atom stereocenters. The van der Waals surface area contributed by atoms with Crippen LogP contribution < -0.4 is 18.9 Å². The number of para-hydroxylation sites is 1. The highest BCUT2D eigenvalue weighted by molar-refractivity contribution is 6.15. The van der Waals surface area contributed by atoms with Crippen LogP contribution in [0.5, 0.6) is 23.0 Å². The maximum absolute atomic E-state index is 13.1. The fourth-order valence-corrected chi connectivity index (χ4v) is 3.99. The minimum absolute atomic E-state index is 0.172. The second kappa shape index (κ2) is 8.36. The number of ketones is 1. The molecule has 162 valence electrons. The Kier molecular flexibility index (Phi) is 5.25. The molecule has 3 aromatic rings. The zero-order valence-electron chi connectivity index (χ0n) is 17.8. The standard InChI is InChI=1S/C25H22N2O5/c1-29-21-8-5-6-16(24(21)30-2)12-22-23(28)18-9-10-20-19(25(18)32-22)14-27(15-31-20)13-17-7-3-4-11-26-17/h3-12H,13-15H2,1-2H3. The minimum Gasteiger partial charge on any atom is -0.493 e. The van der Waals surface area contributed by atoms with Crippen LogP contribution in [0.15, 0.2) is 60.5 Å². The van der Waals surface area contributed by atoms with Crippen molar-refractivity contribution in [3.05, 3.63) is 82.9 Å². The third-order valence-electron chi connectivity index (χ3n) is 5.51. The van der Waals surface area contributed by atoms with Crippen molar-refractivity contribution in [2.75, 3.05) is 21.0 Å². The molecule has 5 rings (SSSR count). The predicted molar refractivity (Wildman–Crippen MR) is 118 cm³/mol. The molecular formula is C25H22N2O5. The van der Waals surface area contributed by atoms with Crippen LogP contribution >= 0.6 is 0 Å². The van der Waals surface area contributed by atoms with Gasteiger partial charge in [0.05, 0.1) is 31.0 Å². The normalized spacial score (nSPS) is 16.2. The SMILES string of the molecule is COc1cccc(C=C2Oc3c(ccc4c3CN(Cc3ccccn3)CO4)C2=O)c1OC. The maximum atomic E-state index is 13.1. The largest absolute Gasteiger partial charge is 0.493 e. The van der Waals surface area contributed by atoms with Gasteiger partial charge in [0.15, 0.2) is 17.3 Å². The summed E-state index contributed by atoms with van der Waals surface area (Å²) in [6.07, 6.45) is 3.46. The van der Waals surface area contributed by atoms with E-state index in [2.05, 4.69) is 9.88 Å². The number of Topliss-reactive ketones (excluding diaryl/α,β-unsaturated/α-hetero) is 1. The van der Waals surface area contributed by atoms with Crippen molar-refractivity contribution >= 4 is 11.9 Å². The lowest BCUT2D eigenvalue weighted by atomic mass is 10.0. The molecule has 7 heteroatoms. The van der Waals surface area contributed by atoms with Gasteiger partial charge in [-0.15, -0.1) is 0 Å². The Morgan fingerprint density at radius 3 is 2.78 bits per heavy atom. The Morgan fingerprint density at radius 1 is 1.09 bits per heavy atom. The lowest BCUT2D eigenvalue weighted by Crippen LogP contribution is -2.32. The first-order chi connectivity index (χ1) is 15.7. The molecule has 2 aliphatic rings. The molecule has 0 saturated carbocycles. The second-order valence-corrected chi connectivity index (χ2v) is 7.52. The number of fused-ring (bicyclic) bond motifs is 3. The van der Waals surface area contributed by atoms with Crippen LogP contribution in [0.25, 0.3) is 6.08 Å². The van der Waals surface area contributed by atoms with Gasteiger partial charge in [-0.05, 0) is 36.4 Å². The molecule has 1 aromatic heterocycles. The van der Waals surface area contributed by atoms with E-state index in [4.69, 9.17) is 18.9 Å². The van der Waals surface area contributed by atoms with Crippen molar-refractivity contribution < 1.29 is 23.7 Å². The van der Waals surface area contributed by atoms with Crippen LogP contribution in [0.2, 0.25) is 0 Å². The third kappa shape index (κ3) is 3.56. The highest BCUT2D eigenvalue weighted by atomic mass is 16.5. The number of ether oxygens (including phenoxy) is 4. The van der Waals surface area contributed by atoms with Crippen molar-refractivity contribution in [3.63, 3.8) is 0 Å². The molecule has 0 fully saturated rings. The first-order valence-electron chi connectivity index (χ1n) is 10.2. The summed E-state index contributed by atoms with van der Waals surface area (Å²) in [5.41, 5.74) is 3.04. The molecule has 7 nitrogen and oxygen atoms in total. The summed E-state index contributed by atoms with van der Waals surface area (Å²) in [5, 5.41) is 0. The topological polar surface area (TPSA) is 70.1 Å². The predicted octanol–water partition coefficient (Wildman–Crippen LogP) is 4.07. The Balaban J connectivity index is 1.45. The Hall–Kier alpha value is -3.84. The van der Waals surface area contributed by atoms with E-state index in [1.807, 2.05) is 36.4 Å². The van der Waals surface area contributed by atoms with Crippen molar-refractivity contribution in [2.24, 2.45) is 0 Å². The van der Waals surface area contributed by atoms with Gasteiger partial charge in [0.1, 0.15) is 18.2 Å². The number of allylic oxidation sites excluding steroid dienone is 1. The number of rotatable bonds is 5. The minimum atomic E-state index is -0.172. The summed E-state index contributed by atoms with van der Waals surface area (Å²) in [4.78, 5) is 19.6. The fourth-order valence-electron chi connectivity index (χ4n) is 3.99. The van der Waals surface area contributed by atoms with Gasteiger partial charge in [-0.3, -0.25) is 14.7 Å². The Bertz CT molecular complexity index is 1210. The maximum Gasteiger partial charge on any atom is 0.231 e. The Morgan fingerprint density at radius 2 is 2.00 bits per heavy atom. The number of benzene rings is 2. The van der Waals surface area contributed by atoms with Gasteiger partial charge in [0.25, 0.3) is 0 Å². The summed E-state index contributed by atoms with van der Waals surface area (Å²) in [7, 11) is 3.14. The molecule has 0 amide bonds. The lowest BCUT2D eigenvalue weighted by molar-refractivity contribution is 0.0861. The van der Waals surface area contributed by atoms with Gasteiger partial charge in [-0.2, -0.15) is 0 Å². The number of hydrogen-bond donors (Lipinski definition) is 0. The van der Waals surface area contributed by atoms with Crippen LogP contribution in [0.3, 0.4) is 0 Å². The average molecular weight is 430 g/mol. The van der Waals surface area contributed by atoms with E-state index in [0.29, 0.717) is 48.2 Å². The van der Waals surface area contributed by atoms with Gasteiger partial charge in [0.2, 0.25) is 5.78 Å². The van der Waals surface area contributed by atoms with Crippen LogP contribution in [-0.2, 0) is 13.1 Å². The zero-order chi connectivity index (χ0) is 22.1. The van der Waals surface area contributed by atoms with Gasteiger partial charge in [-0.25, -0.2) is 0 Å². The van der Waals surface area contributed by atoms with Crippen LogP contribution in [0, 0.1) is 0 Å². The summed E-state index contributed by atoms with van der Waals surface area (Å²) in [6, 6.07) is 14.9. The molecule has 0 aliphatic carbocycles.